The van der Waals surface area contributed by atoms with Gasteiger partial charge in [-0.15, -0.1) is 0 Å². The van der Waals surface area contributed by atoms with Crippen LogP contribution in [0.1, 0.15) is 60.8 Å². The minimum absolute atomic E-state index is 0.262. The average molecular weight is 617 g/mol. The van der Waals surface area contributed by atoms with Crippen LogP contribution in [0.25, 0.3) is 0 Å². The van der Waals surface area contributed by atoms with E-state index in [1.165, 1.54) is 0 Å². The predicted octanol–water partition coefficient (Wildman–Crippen LogP) is 3.11. The van der Waals surface area contributed by atoms with Crippen LogP contribution in [0.15, 0.2) is 83.1 Å². The van der Waals surface area contributed by atoms with Crippen LogP contribution in [0.5, 0.6) is 0 Å². The third kappa shape index (κ3) is 13.1. The highest BCUT2D eigenvalue weighted by Gasteiger charge is 2.40. The average Bonchev–Trinajstić information content (AvgIpc) is 2.98. The van der Waals surface area contributed by atoms with Gasteiger partial charge in [-0.2, -0.15) is 0 Å². The van der Waals surface area contributed by atoms with Crippen molar-refractivity contribution < 1.29 is 49.4 Å². The summed E-state index contributed by atoms with van der Waals surface area (Å²) in [5, 5.41) is 47.4. The van der Waals surface area contributed by atoms with Gasteiger partial charge in [0.15, 0.2) is 11.9 Å². The second-order valence-electron chi connectivity index (χ2n) is 11.4. The summed E-state index contributed by atoms with van der Waals surface area (Å²) in [7, 11) is 0. The number of rotatable bonds is 16. The van der Waals surface area contributed by atoms with Gasteiger partial charge in [-0.05, 0) is 44.3 Å². The smallest absolute Gasteiger partial charge is 0.307 e. The molecule has 0 aliphatic heterocycles. The van der Waals surface area contributed by atoms with Crippen LogP contribution < -0.4 is 0 Å². The molecule has 1 rings (SSSR count). The number of carbonyl (C=O) groups is 3. The molecular weight excluding hydrogens is 568 g/mol. The van der Waals surface area contributed by atoms with Crippen LogP contribution in [0.4, 0.5) is 0 Å². The molecule has 0 aromatic rings. The SMILES string of the molecule is CC=CC=CC=C(C)C=CC=C(C)C=CC1=C(C)C(=O)C(OC(=O)CCC(=O)OCC(O)C(O)C(O)C(O)CO)CC1(C)C. The fourth-order valence-electron chi connectivity index (χ4n) is 4.39. The zero-order chi connectivity index (χ0) is 33.4. The van der Waals surface area contributed by atoms with E-state index in [4.69, 9.17) is 14.6 Å². The Balaban J connectivity index is 2.73. The van der Waals surface area contributed by atoms with E-state index in [9.17, 15) is 34.8 Å². The first-order chi connectivity index (χ1) is 20.6. The molecule has 10 nitrogen and oxygen atoms in total. The second kappa shape index (κ2) is 19.1. The van der Waals surface area contributed by atoms with Crippen LogP contribution >= 0.6 is 0 Å². The molecule has 0 fully saturated rings. The van der Waals surface area contributed by atoms with Crippen molar-refractivity contribution in [1.82, 2.24) is 0 Å². The maximum Gasteiger partial charge on any atom is 0.307 e. The van der Waals surface area contributed by atoms with Gasteiger partial charge in [-0.3, -0.25) is 14.4 Å². The molecule has 1 aliphatic carbocycles. The minimum Gasteiger partial charge on any atom is -0.463 e. The standard InChI is InChI=1S/C34H48O10/c1-7-8-9-10-12-22(2)13-11-14-23(3)15-16-25-24(4)31(40)28(19-34(25,5)6)44-30(39)18-17-29(38)43-21-27(37)33(42)32(41)26(36)20-35/h7-16,26-28,32-33,35-37,41-42H,17-21H2,1-6H3. The number of carbonyl (C=O) groups excluding carboxylic acids is 3. The third-order valence-corrected chi connectivity index (χ3v) is 7.04. The molecule has 0 amide bonds. The highest BCUT2D eigenvalue weighted by molar-refractivity contribution is 6.01. The number of ketones is 1. The minimum atomic E-state index is -1.88. The van der Waals surface area contributed by atoms with Gasteiger partial charge in [0.1, 0.15) is 31.0 Å². The lowest BCUT2D eigenvalue weighted by atomic mass is 9.71. The molecule has 0 bridgehead atoms. The largest absolute Gasteiger partial charge is 0.463 e. The van der Waals surface area contributed by atoms with Crippen molar-refractivity contribution in [3.8, 4) is 0 Å². The predicted molar refractivity (Wildman–Crippen MR) is 167 cm³/mol. The van der Waals surface area contributed by atoms with Gasteiger partial charge in [0.05, 0.1) is 19.4 Å². The van der Waals surface area contributed by atoms with Crippen molar-refractivity contribution >= 4 is 17.7 Å². The summed E-state index contributed by atoms with van der Waals surface area (Å²) in [5.41, 5.74) is 2.95. The summed E-state index contributed by atoms with van der Waals surface area (Å²) >= 11 is 0. The Hall–Kier alpha value is -3.41. The van der Waals surface area contributed by atoms with Gasteiger partial charge < -0.3 is 35.0 Å². The maximum absolute atomic E-state index is 13.1. The quantitative estimate of drug-likeness (QED) is 0.128. The molecule has 0 spiro atoms. The molecule has 5 atom stereocenters. The lowest BCUT2D eigenvalue weighted by Crippen LogP contribution is -2.47. The Morgan fingerprint density at radius 2 is 1.50 bits per heavy atom. The van der Waals surface area contributed by atoms with Crippen molar-refractivity contribution in [1.29, 1.82) is 0 Å². The Labute approximate surface area is 260 Å². The lowest BCUT2D eigenvalue weighted by Gasteiger charge is -2.36. The fraction of sp³-hybridized carbons (Fsp3) is 0.500. The lowest BCUT2D eigenvalue weighted by molar-refractivity contribution is -0.161. The summed E-state index contributed by atoms with van der Waals surface area (Å²) in [6.45, 7) is 10.0. The third-order valence-electron chi connectivity index (χ3n) is 7.04. The van der Waals surface area contributed by atoms with Crippen molar-refractivity contribution in [3.63, 3.8) is 0 Å². The van der Waals surface area contributed by atoms with E-state index < -0.39 is 67.5 Å². The Bertz CT molecular complexity index is 1200. The number of hydrogen-bond donors (Lipinski definition) is 5. The van der Waals surface area contributed by atoms with Crippen LogP contribution in [0.3, 0.4) is 0 Å². The van der Waals surface area contributed by atoms with Gasteiger partial charge >= 0.3 is 11.9 Å². The van der Waals surface area contributed by atoms with Gasteiger partial charge in [0, 0.05) is 6.42 Å². The summed E-state index contributed by atoms with van der Waals surface area (Å²) in [5.74, 6) is -1.96. The van der Waals surface area contributed by atoms with E-state index in [0.717, 1.165) is 16.7 Å². The Morgan fingerprint density at radius 1 is 0.909 bits per heavy atom. The molecule has 5 N–H and O–H groups in total. The molecule has 0 saturated carbocycles. The molecule has 0 aromatic heterocycles. The molecule has 244 valence electrons. The number of allylic oxidation sites excluding steroid dienone is 13. The number of aliphatic hydroxyl groups is 5. The number of hydrogen-bond acceptors (Lipinski definition) is 10. The fourth-order valence-corrected chi connectivity index (χ4v) is 4.39. The first kappa shape index (κ1) is 38.6. The normalized spacial score (nSPS) is 21.0. The van der Waals surface area contributed by atoms with E-state index in [2.05, 4.69) is 0 Å². The number of Topliss-reactive ketones (excluding diaryl/α,β-unsaturated/α-hetero) is 1. The summed E-state index contributed by atoms with van der Waals surface area (Å²) in [4.78, 5) is 37.5. The highest BCUT2D eigenvalue weighted by Crippen LogP contribution is 2.40. The molecule has 0 aromatic carbocycles. The molecule has 1 aliphatic rings. The second-order valence-corrected chi connectivity index (χ2v) is 11.4. The van der Waals surface area contributed by atoms with E-state index in [-0.39, 0.29) is 18.6 Å². The zero-order valence-corrected chi connectivity index (χ0v) is 26.5. The first-order valence-corrected chi connectivity index (χ1v) is 14.6. The van der Waals surface area contributed by atoms with E-state index >= 15 is 0 Å². The summed E-state index contributed by atoms with van der Waals surface area (Å²) in [6, 6.07) is 0. The van der Waals surface area contributed by atoms with Crippen molar-refractivity contribution in [2.75, 3.05) is 13.2 Å². The number of aliphatic hydroxyl groups excluding tert-OH is 5. The topological polar surface area (TPSA) is 171 Å². The molecule has 10 heteroatoms. The molecule has 0 heterocycles. The van der Waals surface area contributed by atoms with Crippen LogP contribution in [-0.2, 0) is 23.9 Å². The number of ether oxygens (including phenoxy) is 2. The van der Waals surface area contributed by atoms with E-state index in [1.54, 1.807) is 6.92 Å². The van der Waals surface area contributed by atoms with Crippen LogP contribution in [-0.4, -0.2) is 87.0 Å². The van der Waals surface area contributed by atoms with Crippen LogP contribution in [0.2, 0.25) is 0 Å². The van der Waals surface area contributed by atoms with Crippen LogP contribution in [0, 0.1) is 5.41 Å². The summed E-state index contributed by atoms with van der Waals surface area (Å²) in [6.07, 6.45) is 11.0. The molecule has 44 heavy (non-hydrogen) atoms. The van der Waals surface area contributed by atoms with Crippen molar-refractivity contribution in [2.24, 2.45) is 5.41 Å². The monoisotopic (exact) mass is 616 g/mol. The molecule has 0 saturated heterocycles. The number of esters is 2. The van der Waals surface area contributed by atoms with Gasteiger partial charge in [0.25, 0.3) is 0 Å². The Kier molecular flexibility index (Phi) is 16.7. The molecule has 0 radical (unpaired) electrons. The van der Waals surface area contributed by atoms with Crippen molar-refractivity contribution in [3.05, 3.63) is 83.1 Å². The Morgan fingerprint density at radius 3 is 2.14 bits per heavy atom. The molecular formula is C34H48O10. The van der Waals surface area contributed by atoms with Gasteiger partial charge in [0.2, 0.25) is 0 Å². The van der Waals surface area contributed by atoms with Crippen molar-refractivity contribution in [2.45, 2.75) is 91.3 Å². The zero-order valence-electron chi connectivity index (χ0n) is 26.5. The summed E-state index contributed by atoms with van der Waals surface area (Å²) < 4.78 is 10.2. The van der Waals surface area contributed by atoms with E-state index in [0.29, 0.717) is 5.57 Å². The highest BCUT2D eigenvalue weighted by atomic mass is 16.6. The molecule has 5 unspecified atom stereocenters. The maximum atomic E-state index is 13.1. The van der Waals surface area contributed by atoms with Gasteiger partial charge in [-0.25, -0.2) is 0 Å². The first-order valence-electron chi connectivity index (χ1n) is 14.6. The van der Waals surface area contributed by atoms with Gasteiger partial charge in [-0.1, -0.05) is 85.8 Å². The van der Waals surface area contributed by atoms with E-state index in [1.807, 2.05) is 95.4 Å².